The molecule has 19 heavy (non-hydrogen) atoms. The summed E-state index contributed by atoms with van der Waals surface area (Å²) < 4.78 is 6.60. The molecule has 1 nitrogen and oxygen atoms in total. The third-order valence-electron chi connectivity index (χ3n) is 3.74. The summed E-state index contributed by atoms with van der Waals surface area (Å²) in [6.45, 7) is 4.99. The van der Waals surface area contributed by atoms with E-state index in [4.69, 9.17) is 4.52 Å². The SMILES string of the molecule is CP1(C)(C)CC(c2ccccc2)(c2ccccc2)O1. The van der Waals surface area contributed by atoms with Crippen LogP contribution in [0.25, 0.3) is 0 Å². The summed E-state index contributed by atoms with van der Waals surface area (Å²) in [4.78, 5) is 0. The van der Waals surface area contributed by atoms with Crippen LogP contribution in [0, 0.1) is 0 Å². The maximum absolute atomic E-state index is 6.60. The van der Waals surface area contributed by atoms with Crippen molar-refractivity contribution in [2.75, 3.05) is 26.2 Å². The maximum atomic E-state index is 6.60. The standard InChI is InChI=1S/C17H21OP/c1-19(2,3)14-17(18-19,15-10-6-4-7-11-15)16-12-8-5-9-13-16/h4-13H,14H2,1-3H3. The van der Waals surface area contributed by atoms with E-state index in [1.165, 1.54) is 11.1 Å². The second-order valence-corrected chi connectivity index (χ2v) is 13.2. The van der Waals surface area contributed by atoms with Gasteiger partial charge in [0.1, 0.15) is 0 Å². The molecule has 1 heterocycles. The Bertz CT molecular complexity index is 529. The third kappa shape index (κ3) is 2.22. The monoisotopic (exact) mass is 272 g/mol. The van der Waals surface area contributed by atoms with Crippen molar-refractivity contribution in [3.63, 3.8) is 0 Å². The topological polar surface area (TPSA) is 9.23 Å². The molecule has 0 atom stereocenters. The Hall–Kier alpha value is -1.17. The van der Waals surface area contributed by atoms with Crippen molar-refractivity contribution < 1.29 is 4.52 Å². The zero-order valence-corrected chi connectivity index (χ0v) is 12.7. The van der Waals surface area contributed by atoms with Gasteiger partial charge in [0.2, 0.25) is 0 Å². The number of hydrogen-bond donors (Lipinski definition) is 0. The van der Waals surface area contributed by atoms with E-state index in [2.05, 4.69) is 80.7 Å². The van der Waals surface area contributed by atoms with Crippen LogP contribution in [0.5, 0.6) is 0 Å². The van der Waals surface area contributed by atoms with E-state index in [0.717, 1.165) is 6.16 Å². The van der Waals surface area contributed by atoms with Crippen LogP contribution in [0.2, 0.25) is 0 Å². The molecule has 1 saturated heterocycles. The van der Waals surface area contributed by atoms with Gasteiger partial charge in [-0.2, -0.15) is 0 Å². The molecule has 1 fully saturated rings. The van der Waals surface area contributed by atoms with Crippen LogP contribution < -0.4 is 0 Å². The van der Waals surface area contributed by atoms with Crippen LogP contribution in [0.1, 0.15) is 11.1 Å². The molecule has 0 bridgehead atoms. The zero-order valence-electron chi connectivity index (χ0n) is 11.8. The fourth-order valence-corrected chi connectivity index (χ4v) is 6.43. The normalized spacial score (nSPS) is 24.7. The minimum atomic E-state index is -1.92. The first-order valence-electron chi connectivity index (χ1n) is 6.72. The predicted octanol–water partition coefficient (Wildman–Crippen LogP) is 4.32. The Kier molecular flexibility index (Phi) is 2.64. The number of rotatable bonds is 2. The molecule has 0 N–H and O–H groups in total. The van der Waals surface area contributed by atoms with E-state index < -0.39 is 6.83 Å². The molecule has 0 unspecified atom stereocenters. The van der Waals surface area contributed by atoms with Gasteiger partial charge in [-0.3, -0.25) is 0 Å². The van der Waals surface area contributed by atoms with Crippen LogP contribution >= 0.6 is 6.83 Å². The van der Waals surface area contributed by atoms with Crippen molar-refractivity contribution in [2.45, 2.75) is 5.60 Å². The first-order chi connectivity index (χ1) is 8.89. The van der Waals surface area contributed by atoms with Gasteiger partial charge in [-0.25, -0.2) is 0 Å². The Balaban J connectivity index is 2.10. The van der Waals surface area contributed by atoms with Gasteiger partial charge in [0.25, 0.3) is 0 Å². The summed E-state index contributed by atoms with van der Waals surface area (Å²) in [6.07, 6.45) is 1.12. The summed E-state index contributed by atoms with van der Waals surface area (Å²) in [7, 11) is 0. The summed E-state index contributed by atoms with van der Waals surface area (Å²) in [5, 5.41) is 0. The third-order valence-corrected chi connectivity index (χ3v) is 6.25. The van der Waals surface area contributed by atoms with Gasteiger partial charge in [-0.05, 0) is 0 Å². The molecule has 3 rings (SSSR count). The summed E-state index contributed by atoms with van der Waals surface area (Å²) in [5.74, 6) is 0. The van der Waals surface area contributed by atoms with Gasteiger partial charge in [0.15, 0.2) is 0 Å². The second kappa shape index (κ2) is 3.91. The molecule has 2 aromatic rings. The second-order valence-electron chi connectivity index (χ2n) is 6.78. The van der Waals surface area contributed by atoms with Crippen LogP contribution in [0.4, 0.5) is 0 Å². The molecule has 0 amide bonds. The zero-order chi connectivity index (χ0) is 13.6. The van der Waals surface area contributed by atoms with Crippen molar-refractivity contribution >= 4 is 6.83 Å². The van der Waals surface area contributed by atoms with Gasteiger partial charge in [0, 0.05) is 0 Å². The molecule has 100 valence electrons. The van der Waals surface area contributed by atoms with Crippen molar-refractivity contribution in [2.24, 2.45) is 0 Å². The predicted molar refractivity (Wildman–Crippen MR) is 84.3 cm³/mol. The van der Waals surface area contributed by atoms with Crippen LogP contribution in [0.15, 0.2) is 60.7 Å². The van der Waals surface area contributed by atoms with Gasteiger partial charge in [0.05, 0.1) is 0 Å². The van der Waals surface area contributed by atoms with Crippen LogP contribution in [-0.2, 0) is 10.1 Å². The summed E-state index contributed by atoms with van der Waals surface area (Å²) >= 11 is 0. The van der Waals surface area contributed by atoms with Crippen LogP contribution in [-0.4, -0.2) is 26.2 Å². The minimum absolute atomic E-state index is 0.238. The van der Waals surface area contributed by atoms with Crippen molar-refractivity contribution in [3.8, 4) is 0 Å². The molecule has 1 aliphatic rings. The van der Waals surface area contributed by atoms with Crippen molar-refractivity contribution in [1.82, 2.24) is 0 Å². The molecule has 2 aromatic carbocycles. The van der Waals surface area contributed by atoms with E-state index in [-0.39, 0.29) is 5.60 Å². The Morgan fingerprint density at radius 1 is 0.789 bits per heavy atom. The van der Waals surface area contributed by atoms with Gasteiger partial charge in [-0.15, -0.1) is 0 Å². The average Bonchev–Trinajstić information content (AvgIpc) is 2.37. The quantitative estimate of drug-likeness (QED) is 0.740. The molecule has 2 heteroatoms. The number of benzene rings is 2. The number of hydrogen-bond acceptors (Lipinski definition) is 1. The molecular weight excluding hydrogens is 251 g/mol. The molecule has 0 saturated carbocycles. The Morgan fingerprint density at radius 2 is 1.16 bits per heavy atom. The molecule has 0 aliphatic carbocycles. The average molecular weight is 272 g/mol. The van der Waals surface area contributed by atoms with E-state index in [1.807, 2.05) is 0 Å². The summed E-state index contributed by atoms with van der Waals surface area (Å²) in [5.41, 5.74) is 2.30. The summed E-state index contributed by atoms with van der Waals surface area (Å²) in [6, 6.07) is 21.2. The van der Waals surface area contributed by atoms with Crippen LogP contribution in [0.3, 0.4) is 0 Å². The van der Waals surface area contributed by atoms with Gasteiger partial charge >= 0.3 is 115 Å². The first-order valence-corrected chi connectivity index (χ1v) is 10.4. The van der Waals surface area contributed by atoms with Crippen molar-refractivity contribution in [3.05, 3.63) is 71.8 Å². The van der Waals surface area contributed by atoms with E-state index >= 15 is 0 Å². The molecule has 0 aromatic heterocycles. The van der Waals surface area contributed by atoms with Gasteiger partial charge in [-0.1, -0.05) is 0 Å². The molecule has 0 spiro atoms. The first kappa shape index (κ1) is 12.8. The van der Waals surface area contributed by atoms with Crippen molar-refractivity contribution in [1.29, 1.82) is 0 Å². The van der Waals surface area contributed by atoms with Gasteiger partial charge < -0.3 is 0 Å². The van der Waals surface area contributed by atoms with E-state index in [1.54, 1.807) is 0 Å². The van der Waals surface area contributed by atoms with E-state index in [0.29, 0.717) is 0 Å². The molecule has 0 radical (unpaired) electrons. The fraction of sp³-hybridized carbons (Fsp3) is 0.294. The Labute approximate surface area is 115 Å². The fourth-order valence-electron chi connectivity index (χ4n) is 3.20. The molecule has 1 aliphatic heterocycles. The molecular formula is C17H21OP. The van der Waals surface area contributed by atoms with E-state index in [9.17, 15) is 0 Å². The Morgan fingerprint density at radius 3 is 1.47 bits per heavy atom.